The molecule has 0 aromatic heterocycles. The van der Waals surface area contributed by atoms with E-state index in [0.29, 0.717) is 6.61 Å². The number of hydrogen-bond acceptors (Lipinski definition) is 3. The summed E-state index contributed by atoms with van der Waals surface area (Å²) >= 11 is 0. The van der Waals surface area contributed by atoms with E-state index in [2.05, 4.69) is 0 Å². The minimum atomic E-state index is -0.538. The van der Waals surface area contributed by atoms with Crippen LogP contribution in [0, 0.1) is 0 Å². The van der Waals surface area contributed by atoms with E-state index in [1.807, 2.05) is 13.8 Å². The fourth-order valence-electron chi connectivity index (χ4n) is 0.789. The standard InChI is InChI=1S/C9H20N2O2/c1-5-7(2)13-6-8(10)9(12)11(3)4/h7-8H,5-6,10H2,1-4H3/t7?,8-/m0/s1. The summed E-state index contributed by atoms with van der Waals surface area (Å²) in [5.74, 6) is -0.0942. The Hall–Kier alpha value is -0.610. The van der Waals surface area contributed by atoms with Crippen LogP contribution in [0.2, 0.25) is 0 Å². The predicted molar refractivity (Wildman–Crippen MR) is 52.4 cm³/mol. The Bertz CT molecular complexity index is 160. The molecule has 78 valence electrons. The summed E-state index contributed by atoms with van der Waals surface area (Å²) in [6.45, 7) is 4.29. The monoisotopic (exact) mass is 188 g/mol. The van der Waals surface area contributed by atoms with Gasteiger partial charge in [-0.25, -0.2) is 0 Å². The molecular formula is C9H20N2O2. The summed E-state index contributed by atoms with van der Waals surface area (Å²) in [6.07, 6.45) is 1.10. The van der Waals surface area contributed by atoms with E-state index in [0.717, 1.165) is 6.42 Å². The number of ether oxygens (including phenoxy) is 1. The highest BCUT2D eigenvalue weighted by atomic mass is 16.5. The van der Waals surface area contributed by atoms with E-state index in [4.69, 9.17) is 10.5 Å². The van der Waals surface area contributed by atoms with Crippen molar-refractivity contribution in [1.29, 1.82) is 0 Å². The van der Waals surface area contributed by atoms with Gasteiger partial charge in [0.25, 0.3) is 0 Å². The number of hydrogen-bond donors (Lipinski definition) is 1. The highest BCUT2D eigenvalue weighted by molar-refractivity contribution is 5.81. The van der Waals surface area contributed by atoms with Crippen LogP contribution >= 0.6 is 0 Å². The van der Waals surface area contributed by atoms with Crippen LogP contribution in [0.15, 0.2) is 0 Å². The molecule has 0 bridgehead atoms. The first-order valence-electron chi connectivity index (χ1n) is 4.57. The molecule has 0 saturated heterocycles. The molecule has 2 atom stereocenters. The van der Waals surface area contributed by atoms with Gasteiger partial charge in [0.05, 0.1) is 12.7 Å². The first-order chi connectivity index (χ1) is 5.99. The second-order valence-corrected chi connectivity index (χ2v) is 3.39. The number of likely N-dealkylation sites (N-methyl/N-ethyl adjacent to an activating group) is 1. The van der Waals surface area contributed by atoms with Crippen molar-refractivity contribution in [2.24, 2.45) is 5.73 Å². The smallest absolute Gasteiger partial charge is 0.241 e. The van der Waals surface area contributed by atoms with Crippen LogP contribution in [0.4, 0.5) is 0 Å². The average molecular weight is 188 g/mol. The Balaban J connectivity index is 3.74. The fraction of sp³-hybridized carbons (Fsp3) is 0.889. The molecule has 1 unspecified atom stereocenters. The maximum atomic E-state index is 11.3. The Kier molecular flexibility index (Phi) is 5.66. The molecule has 0 aromatic carbocycles. The van der Waals surface area contributed by atoms with Gasteiger partial charge in [-0.15, -0.1) is 0 Å². The second-order valence-electron chi connectivity index (χ2n) is 3.39. The van der Waals surface area contributed by atoms with Gasteiger partial charge in [-0.1, -0.05) is 6.92 Å². The third-order valence-electron chi connectivity index (χ3n) is 1.89. The number of nitrogens with two attached hydrogens (primary N) is 1. The van der Waals surface area contributed by atoms with Crippen molar-refractivity contribution in [3.63, 3.8) is 0 Å². The molecule has 4 nitrogen and oxygen atoms in total. The van der Waals surface area contributed by atoms with Crippen molar-refractivity contribution in [2.75, 3.05) is 20.7 Å². The van der Waals surface area contributed by atoms with Crippen molar-refractivity contribution >= 4 is 5.91 Å². The third-order valence-corrected chi connectivity index (χ3v) is 1.89. The summed E-state index contributed by atoms with van der Waals surface area (Å²) in [6, 6.07) is -0.538. The van der Waals surface area contributed by atoms with Gasteiger partial charge in [-0.3, -0.25) is 4.79 Å². The second kappa shape index (κ2) is 5.94. The van der Waals surface area contributed by atoms with Gasteiger partial charge >= 0.3 is 0 Å². The molecule has 0 aliphatic carbocycles. The first-order valence-corrected chi connectivity index (χ1v) is 4.57. The van der Waals surface area contributed by atoms with E-state index >= 15 is 0 Å². The molecule has 0 radical (unpaired) electrons. The Labute approximate surface area is 80.0 Å². The number of nitrogens with zero attached hydrogens (tertiary/aromatic N) is 1. The molecule has 0 aliphatic rings. The van der Waals surface area contributed by atoms with Crippen molar-refractivity contribution < 1.29 is 9.53 Å². The summed E-state index contributed by atoms with van der Waals surface area (Å²) < 4.78 is 5.35. The SMILES string of the molecule is CCC(C)OC[C@H](N)C(=O)N(C)C. The van der Waals surface area contributed by atoms with Crippen LogP contribution < -0.4 is 5.73 Å². The van der Waals surface area contributed by atoms with Gasteiger partial charge in [0.1, 0.15) is 6.04 Å². The Morgan fingerprint density at radius 1 is 1.54 bits per heavy atom. The maximum absolute atomic E-state index is 11.3. The molecule has 4 heteroatoms. The molecule has 0 spiro atoms. The summed E-state index contributed by atoms with van der Waals surface area (Å²) in [5.41, 5.74) is 5.60. The lowest BCUT2D eigenvalue weighted by atomic mass is 10.3. The molecule has 0 rings (SSSR count). The van der Waals surface area contributed by atoms with E-state index in [1.165, 1.54) is 4.90 Å². The topological polar surface area (TPSA) is 55.6 Å². The van der Waals surface area contributed by atoms with Crippen LogP contribution in [0.1, 0.15) is 20.3 Å². The van der Waals surface area contributed by atoms with Gasteiger partial charge in [-0.05, 0) is 13.3 Å². The molecule has 0 aromatic rings. The molecule has 0 saturated carbocycles. The minimum absolute atomic E-state index is 0.0942. The lowest BCUT2D eigenvalue weighted by molar-refractivity contribution is -0.131. The first kappa shape index (κ1) is 12.4. The number of rotatable bonds is 5. The molecule has 2 N–H and O–H groups in total. The minimum Gasteiger partial charge on any atom is -0.376 e. The summed E-state index contributed by atoms with van der Waals surface area (Å²) in [4.78, 5) is 12.7. The van der Waals surface area contributed by atoms with Crippen molar-refractivity contribution in [3.8, 4) is 0 Å². The molecule has 0 fully saturated rings. The zero-order valence-electron chi connectivity index (χ0n) is 8.91. The summed E-state index contributed by atoms with van der Waals surface area (Å²) in [7, 11) is 3.37. The number of carbonyl (C=O) groups is 1. The van der Waals surface area contributed by atoms with Gasteiger partial charge in [0.2, 0.25) is 5.91 Å². The van der Waals surface area contributed by atoms with Crippen LogP contribution in [0.25, 0.3) is 0 Å². The van der Waals surface area contributed by atoms with Crippen LogP contribution in [-0.2, 0) is 9.53 Å². The van der Waals surface area contributed by atoms with Crippen LogP contribution in [0.5, 0.6) is 0 Å². The van der Waals surface area contributed by atoms with Gasteiger partial charge < -0.3 is 15.4 Å². The van der Waals surface area contributed by atoms with Crippen LogP contribution in [0.3, 0.4) is 0 Å². The fourth-order valence-corrected chi connectivity index (χ4v) is 0.789. The molecule has 1 amide bonds. The van der Waals surface area contributed by atoms with Gasteiger partial charge in [0.15, 0.2) is 0 Å². The molecule has 0 heterocycles. The highest BCUT2D eigenvalue weighted by Crippen LogP contribution is 1.97. The Morgan fingerprint density at radius 3 is 2.46 bits per heavy atom. The predicted octanol–water partition coefficient (Wildman–Crippen LogP) is 0.217. The Morgan fingerprint density at radius 2 is 2.08 bits per heavy atom. The molecule has 0 aliphatic heterocycles. The largest absolute Gasteiger partial charge is 0.376 e. The zero-order valence-corrected chi connectivity index (χ0v) is 8.91. The van der Waals surface area contributed by atoms with E-state index in [-0.39, 0.29) is 12.0 Å². The zero-order chi connectivity index (χ0) is 10.4. The number of amides is 1. The van der Waals surface area contributed by atoms with Crippen molar-refractivity contribution in [2.45, 2.75) is 32.4 Å². The van der Waals surface area contributed by atoms with E-state index in [9.17, 15) is 4.79 Å². The average Bonchev–Trinajstić information content (AvgIpc) is 2.11. The van der Waals surface area contributed by atoms with Gasteiger partial charge in [-0.2, -0.15) is 0 Å². The maximum Gasteiger partial charge on any atom is 0.241 e. The number of carbonyl (C=O) groups excluding carboxylic acids is 1. The normalized spacial score (nSPS) is 15.2. The quantitative estimate of drug-likeness (QED) is 0.671. The van der Waals surface area contributed by atoms with E-state index < -0.39 is 6.04 Å². The van der Waals surface area contributed by atoms with Crippen LogP contribution in [-0.4, -0.2) is 43.7 Å². The van der Waals surface area contributed by atoms with E-state index in [1.54, 1.807) is 14.1 Å². The molecule has 13 heavy (non-hydrogen) atoms. The summed E-state index contributed by atoms with van der Waals surface area (Å²) in [5, 5.41) is 0. The lowest BCUT2D eigenvalue weighted by Crippen LogP contribution is -2.43. The third kappa shape index (κ3) is 4.85. The lowest BCUT2D eigenvalue weighted by Gasteiger charge is -2.18. The molecular weight excluding hydrogens is 168 g/mol. The van der Waals surface area contributed by atoms with Crippen molar-refractivity contribution in [3.05, 3.63) is 0 Å². The van der Waals surface area contributed by atoms with Crippen molar-refractivity contribution in [1.82, 2.24) is 4.90 Å². The van der Waals surface area contributed by atoms with Gasteiger partial charge in [0, 0.05) is 14.1 Å². The highest BCUT2D eigenvalue weighted by Gasteiger charge is 2.16.